The first-order valence-electron chi connectivity index (χ1n) is 6.09. The summed E-state index contributed by atoms with van der Waals surface area (Å²) in [6.45, 7) is -0.783. The van der Waals surface area contributed by atoms with Gasteiger partial charge in [-0.1, -0.05) is 6.07 Å². The van der Waals surface area contributed by atoms with Gasteiger partial charge in [-0.3, -0.25) is 4.79 Å². The topological polar surface area (TPSA) is 47.6 Å². The van der Waals surface area contributed by atoms with Crippen molar-refractivity contribution in [3.63, 3.8) is 0 Å². The first kappa shape index (κ1) is 6.85. The van der Waals surface area contributed by atoms with Gasteiger partial charge in [-0.2, -0.15) is 0 Å². The molecule has 1 aromatic carbocycles. The number of nitrogens with one attached hydrogen (secondary N) is 1. The summed E-state index contributed by atoms with van der Waals surface area (Å²) in [5.74, 6) is 0.539. The molecular formula is C11H13NO3. The molecule has 4 nitrogen and oxygen atoms in total. The van der Waals surface area contributed by atoms with Crippen LogP contribution >= 0.6 is 0 Å². The Labute approximate surface area is 92.4 Å². The summed E-state index contributed by atoms with van der Waals surface area (Å²) in [5, 5.41) is 2.26. The van der Waals surface area contributed by atoms with E-state index in [1.165, 1.54) is 6.92 Å². The third-order valence-corrected chi connectivity index (χ3v) is 2.27. The number of likely N-dealkylation sites (N-methyl/N-ethyl adjacent to an activating group) is 1. The van der Waals surface area contributed by atoms with Crippen molar-refractivity contribution in [2.24, 2.45) is 0 Å². The monoisotopic (exact) mass is 210 g/mol. The molecule has 1 unspecified atom stereocenters. The molecule has 1 atom stereocenters. The fourth-order valence-electron chi connectivity index (χ4n) is 1.42. The molecule has 80 valence electrons. The number of carbonyl (C=O) groups is 1. The molecule has 1 aromatic rings. The van der Waals surface area contributed by atoms with Crippen LogP contribution in [-0.2, 0) is 0 Å². The highest BCUT2D eigenvalue weighted by Gasteiger charge is 2.23. The van der Waals surface area contributed by atoms with E-state index in [2.05, 4.69) is 5.32 Å². The predicted molar refractivity (Wildman–Crippen MR) is 55.4 cm³/mol. The van der Waals surface area contributed by atoms with E-state index in [1.807, 2.05) is 0 Å². The van der Waals surface area contributed by atoms with Crippen LogP contribution in [0.15, 0.2) is 18.2 Å². The molecule has 4 heteroatoms. The SMILES string of the molecule is [2H]C([2H])([2H])NC(C)C(=O)c1cccc2c1OCO2. The number of fused-ring (bicyclic) bond motifs is 1. The van der Waals surface area contributed by atoms with Gasteiger partial charge < -0.3 is 14.8 Å². The lowest BCUT2D eigenvalue weighted by Crippen LogP contribution is -2.30. The van der Waals surface area contributed by atoms with Gasteiger partial charge in [-0.15, -0.1) is 0 Å². The maximum atomic E-state index is 12.1. The fraction of sp³-hybridized carbons (Fsp3) is 0.364. The summed E-state index contributed by atoms with van der Waals surface area (Å²) in [5.41, 5.74) is 0.328. The van der Waals surface area contributed by atoms with Crippen LogP contribution in [0.1, 0.15) is 21.4 Å². The number of ether oxygens (including phenoxy) is 2. The first-order chi connectivity index (χ1) is 8.38. The van der Waals surface area contributed by atoms with E-state index in [0.29, 0.717) is 17.1 Å². The van der Waals surface area contributed by atoms with Crippen LogP contribution in [0.4, 0.5) is 0 Å². The Morgan fingerprint density at radius 3 is 3.27 bits per heavy atom. The molecule has 1 aliphatic heterocycles. The number of para-hydroxylation sites is 1. The zero-order valence-electron chi connectivity index (χ0n) is 11.2. The van der Waals surface area contributed by atoms with Crippen LogP contribution in [0.25, 0.3) is 0 Å². The molecule has 1 N–H and O–H groups in total. The number of rotatable bonds is 3. The van der Waals surface area contributed by atoms with Gasteiger partial charge in [0.2, 0.25) is 6.79 Å². The Balaban J connectivity index is 2.22. The Kier molecular flexibility index (Phi) is 1.78. The van der Waals surface area contributed by atoms with Gasteiger partial charge in [-0.05, 0) is 26.0 Å². The maximum absolute atomic E-state index is 12.1. The van der Waals surface area contributed by atoms with Crippen molar-refractivity contribution in [3.05, 3.63) is 23.8 Å². The second kappa shape index (κ2) is 3.90. The lowest BCUT2D eigenvalue weighted by atomic mass is 10.0. The van der Waals surface area contributed by atoms with Gasteiger partial charge in [0.05, 0.1) is 11.6 Å². The van der Waals surface area contributed by atoms with E-state index in [-0.39, 0.29) is 12.6 Å². The molecule has 0 bridgehead atoms. The molecule has 2 rings (SSSR count). The van der Waals surface area contributed by atoms with Crippen molar-refractivity contribution in [3.8, 4) is 11.5 Å². The Morgan fingerprint density at radius 2 is 2.47 bits per heavy atom. The van der Waals surface area contributed by atoms with Crippen LogP contribution < -0.4 is 14.8 Å². The predicted octanol–water partition coefficient (Wildman–Crippen LogP) is 1.21. The van der Waals surface area contributed by atoms with Crippen LogP contribution in [-0.4, -0.2) is 25.6 Å². The molecule has 0 saturated heterocycles. The lowest BCUT2D eigenvalue weighted by Gasteiger charge is -2.10. The van der Waals surface area contributed by atoms with Gasteiger partial charge in [0.1, 0.15) is 0 Å². The molecule has 0 saturated carbocycles. The average Bonchev–Trinajstić information content (AvgIpc) is 2.73. The largest absolute Gasteiger partial charge is 0.454 e. The van der Waals surface area contributed by atoms with Gasteiger partial charge in [0.25, 0.3) is 0 Å². The van der Waals surface area contributed by atoms with Crippen molar-refractivity contribution in [1.29, 1.82) is 0 Å². The summed E-state index contributed by atoms with van der Waals surface area (Å²) in [6.07, 6.45) is 0. The minimum absolute atomic E-state index is 0.0701. The van der Waals surface area contributed by atoms with Crippen LogP contribution in [0.2, 0.25) is 0 Å². The average molecular weight is 210 g/mol. The Morgan fingerprint density at radius 1 is 1.60 bits per heavy atom. The van der Waals surface area contributed by atoms with E-state index in [0.717, 1.165) is 0 Å². The maximum Gasteiger partial charge on any atom is 0.231 e. The molecular weight excluding hydrogens is 194 g/mol. The number of ketones is 1. The zero-order valence-corrected chi connectivity index (χ0v) is 8.24. The normalized spacial score (nSPS) is 18.9. The van der Waals surface area contributed by atoms with Crippen molar-refractivity contribution < 1.29 is 18.4 Å². The smallest absolute Gasteiger partial charge is 0.231 e. The summed E-state index contributed by atoms with van der Waals surface area (Å²) in [6, 6.07) is 4.13. The third-order valence-electron chi connectivity index (χ3n) is 2.27. The quantitative estimate of drug-likeness (QED) is 0.762. The molecule has 0 aromatic heterocycles. The van der Waals surface area contributed by atoms with Gasteiger partial charge in [-0.25, -0.2) is 0 Å². The minimum atomic E-state index is -2.36. The van der Waals surface area contributed by atoms with E-state index in [4.69, 9.17) is 13.6 Å². The highest BCUT2D eigenvalue weighted by atomic mass is 16.7. The standard InChI is InChI=1S/C11H13NO3/c1-7(12-2)10(13)8-4-3-5-9-11(8)15-6-14-9/h3-5,7,12H,6H2,1-2H3/i2D3. The second-order valence-electron chi connectivity index (χ2n) is 3.27. The molecule has 1 aliphatic rings. The van der Waals surface area contributed by atoms with Crippen LogP contribution in [0.5, 0.6) is 11.5 Å². The van der Waals surface area contributed by atoms with Crippen LogP contribution in [0.3, 0.4) is 0 Å². The summed E-state index contributed by atoms with van der Waals surface area (Å²) in [7, 11) is 0. The molecule has 0 radical (unpaired) electrons. The van der Waals surface area contributed by atoms with Gasteiger partial charge in [0.15, 0.2) is 17.3 Å². The van der Waals surface area contributed by atoms with E-state index >= 15 is 0 Å². The first-order valence-corrected chi connectivity index (χ1v) is 4.59. The highest BCUT2D eigenvalue weighted by molar-refractivity contribution is 6.02. The molecule has 0 spiro atoms. The number of Topliss-reactive ketones (excluding diaryl/α,β-unsaturated/α-hetero) is 1. The van der Waals surface area contributed by atoms with Crippen molar-refractivity contribution in [2.45, 2.75) is 13.0 Å². The van der Waals surface area contributed by atoms with E-state index < -0.39 is 13.0 Å². The second-order valence-corrected chi connectivity index (χ2v) is 3.27. The lowest BCUT2D eigenvalue weighted by molar-refractivity contribution is 0.0950. The summed E-state index contributed by atoms with van der Waals surface area (Å²) >= 11 is 0. The van der Waals surface area contributed by atoms with Gasteiger partial charge >= 0.3 is 0 Å². The van der Waals surface area contributed by atoms with Gasteiger partial charge in [0, 0.05) is 4.11 Å². The molecule has 1 heterocycles. The zero-order chi connectivity index (χ0) is 13.3. The van der Waals surface area contributed by atoms with Crippen LogP contribution in [0, 0.1) is 0 Å². The molecule has 0 fully saturated rings. The van der Waals surface area contributed by atoms with E-state index in [9.17, 15) is 4.79 Å². The van der Waals surface area contributed by atoms with E-state index in [1.54, 1.807) is 18.2 Å². The Hall–Kier alpha value is -1.55. The van der Waals surface area contributed by atoms with Crippen molar-refractivity contribution in [1.82, 2.24) is 5.32 Å². The molecule has 0 aliphatic carbocycles. The van der Waals surface area contributed by atoms with Crippen molar-refractivity contribution >= 4 is 5.78 Å². The highest BCUT2D eigenvalue weighted by Crippen LogP contribution is 2.35. The number of hydrogen-bond acceptors (Lipinski definition) is 4. The number of hydrogen-bond donors (Lipinski definition) is 1. The third kappa shape index (κ3) is 1.68. The number of carbonyl (C=O) groups excluding carboxylic acids is 1. The molecule has 0 amide bonds. The van der Waals surface area contributed by atoms with Crippen molar-refractivity contribution in [2.75, 3.05) is 13.8 Å². The summed E-state index contributed by atoms with van der Waals surface area (Å²) in [4.78, 5) is 12.1. The fourth-order valence-corrected chi connectivity index (χ4v) is 1.42. The Bertz CT molecular complexity index is 473. The number of benzene rings is 1. The minimum Gasteiger partial charge on any atom is -0.454 e. The summed E-state index contributed by atoms with van der Waals surface area (Å²) < 4.78 is 31.6. The molecule has 15 heavy (non-hydrogen) atoms.